The molecule has 6 heteroatoms. The predicted molar refractivity (Wildman–Crippen MR) is 56.9 cm³/mol. The quantitative estimate of drug-likeness (QED) is 0.484. The van der Waals surface area contributed by atoms with Crippen LogP contribution < -0.4 is 0 Å². The van der Waals surface area contributed by atoms with Gasteiger partial charge < -0.3 is 0 Å². The summed E-state index contributed by atoms with van der Waals surface area (Å²) < 4.78 is 25.0. The van der Waals surface area contributed by atoms with Crippen LogP contribution in [0.5, 0.6) is 0 Å². The lowest BCUT2D eigenvalue weighted by Gasteiger charge is -2.07. The van der Waals surface area contributed by atoms with Crippen molar-refractivity contribution in [3.63, 3.8) is 0 Å². The fraction of sp³-hybridized carbons (Fsp3) is 0.250. The van der Waals surface area contributed by atoms with Gasteiger partial charge in [0.15, 0.2) is 6.29 Å². The van der Waals surface area contributed by atoms with Crippen LogP contribution in [0.3, 0.4) is 0 Å². The van der Waals surface area contributed by atoms with Gasteiger partial charge in [-0.2, -0.15) is 0 Å². The number of alkyl halides is 3. The molecular weight excluding hydrogens is 326 g/mol. The molecule has 1 aromatic rings. The van der Waals surface area contributed by atoms with Crippen LogP contribution in [-0.4, -0.2) is 11.3 Å². The van der Waals surface area contributed by atoms with Gasteiger partial charge in [-0.1, -0.05) is 0 Å². The molecule has 2 nitrogen and oxygen atoms in total. The highest BCUT2D eigenvalue weighted by atomic mass is 127. The molecule has 0 saturated heterocycles. The van der Waals surface area contributed by atoms with Crippen molar-refractivity contribution in [3.05, 3.63) is 26.6 Å². The third-order valence-electron chi connectivity index (χ3n) is 1.64. The van der Waals surface area contributed by atoms with Crippen molar-refractivity contribution in [1.29, 1.82) is 0 Å². The zero-order chi connectivity index (χ0) is 10.7. The summed E-state index contributed by atoms with van der Waals surface area (Å²) in [5.41, 5.74) is 0.246. The first-order chi connectivity index (χ1) is 6.61. The molecule has 0 aliphatic carbocycles. The Kier molecular flexibility index (Phi) is 4.18. The molecule has 0 N–H and O–H groups in total. The van der Waals surface area contributed by atoms with Crippen LogP contribution >= 0.6 is 34.2 Å². The van der Waals surface area contributed by atoms with E-state index in [0.717, 1.165) is 6.20 Å². The molecule has 76 valence electrons. The SMILES string of the molecule is O=Cc1c(CCl)ncc(C(F)F)c1I. The minimum atomic E-state index is -2.63. The Morgan fingerprint density at radius 1 is 1.64 bits per heavy atom. The molecule has 0 fully saturated rings. The molecule has 1 aromatic heterocycles. The molecular formula is C8H5ClF2INO. The van der Waals surface area contributed by atoms with Gasteiger partial charge in [0.1, 0.15) is 0 Å². The van der Waals surface area contributed by atoms with Crippen LogP contribution in [0.1, 0.15) is 28.0 Å². The number of pyridine rings is 1. The summed E-state index contributed by atoms with van der Waals surface area (Å²) in [6, 6.07) is 0. The summed E-state index contributed by atoms with van der Waals surface area (Å²) in [6.45, 7) is 0. The van der Waals surface area contributed by atoms with Gasteiger partial charge in [-0.05, 0) is 22.6 Å². The molecule has 0 bridgehead atoms. The monoisotopic (exact) mass is 331 g/mol. The number of halogens is 4. The molecule has 14 heavy (non-hydrogen) atoms. The molecule has 1 heterocycles. The number of hydrogen-bond acceptors (Lipinski definition) is 2. The number of aldehydes is 1. The number of rotatable bonds is 3. The van der Waals surface area contributed by atoms with Gasteiger partial charge in [0.25, 0.3) is 6.43 Å². The third kappa shape index (κ3) is 2.20. The van der Waals surface area contributed by atoms with E-state index in [1.54, 1.807) is 22.6 Å². The van der Waals surface area contributed by atoms with Gasteiger partial charge >= 0.3 is 0 Å². The molecule has 0 aromatic carbocycles. The Balaban J connectivity index is 3.34. The van der Waals surface area contributed by atoms with Crippen LogP contribution in [0.2, 0.25) is 0 Å². The summed E-state index contributed by atoms with van der Waals surface area (Å²) in [5, 5.41) is 0. The maximum atomic E-state index is 12.4. The first kappa shape index (κ1) is 11.8. The summed E-state index contributed by atoms with van der Waals surface area (Å²) >= 11 is 7.20. The van der Waals surface area contributed by atoms with Gasteiger partial charge in [0, 0.05) is 9.77 Å². The number of nitrogens with zero attached hydrogens (tertiary/aromatic N) is 1. The largest absolute Gasteiger partial charge is 0.298 e. The van der Waals surface area contributed by atoms with E-state index in [2.05, 4.69) is 4.98 Å². The molecule has 0 unspecified atom stereocenters. The van der Waals surface area contributed by atoms with E-state index in [1.165, 1.54) is 0 Å². The van der Waals surface area contributed by atoms with E-state index in [-0.39, 0.29) is 20.6 Å². The van der Waals surface area contributed by atoms with Crippen molar-refractivity contribution in [3.8, 4) is 0 Å². The highest BCUT2D eigenvalue weighted by Crippen LogP contribution is 2.27. The highest BCUT2D eigenvalue weighted by molar-refractivity contribution is 14.1. The van der Waals surface area contributed by atoms with E-state index >= 15 is 0 Å². The van der Waals surface area contributed by atoms with E-state index in [9.17, 15) is 13.6 Å². The normalized spacial score (nSPS) is 10.6. The second-order valence-electron chi connectivity index (χ2n) is 2.44. The van der Waals surface area contributed by atoms with Crippen molar-refractivity contribution in [2.24, 2.45) is 0 Å². The minimum Gasteiger partial charge on any atom is -0.298 e. The van der Waals surface area contributed by atoms with Gasteiger partial charge in [0.2, 0.25) is 0 Å². The smallest absolute Gasteiger partial charge is 0.266 e. The standard InChI is InChI=1S/C8H5ClF2INO/c9-1-6-5(3-14)7(12)4(2-13-6)8(10)11/h2-3,8H,1H2. The lowest BCUT2D eigenvalue weighted by Crippen LogP contribution is -2.02. The van der Waals surface area contributed by atoms with Crippen molar-refractivity contribution < 1.29 is 13.6 Å². The van der Waals surface area contributed by atoms with Gasteiger partial charge in [-0.3, -0.25) is 9.78 Å². The van der Waals surface area contributed by atoms with Crippen LogP contribution in [0.4, 0.5) is 8.78 Å². The fourth-order valence-electron chi connectivity index (χ4n) is 0.934. The van der Waals surface area contributed by atoms with Crippen LogP contribution in [0.15, 0.2) is 6.20 Å². The second-order valence-corrected chi connectivity index (χ2v) is 3.79. The zero-order valence-electron chi connectivity index (χ0n) is 6.81. The van der Waals surface area contributed by atoms with Crippen molar-refractivity contribution in [2.75, 3.05) is 0 Å². The van der Waals surface area contributed by atoms with E-state index in [4.69, 9.17) is 11.6 Å². The highest BCUT2D eigenvalue weighted by Gasteiger charge is 2.17. The van der Waals surface area contributed by atoms with E-state index < -0.39 is 6.43 Å². The molecule has 0 saturated carbocycles. The lowest BCUT2D eigenvalue weighted by atomic mass is 10.1. The first-order valence-electron chi connectivity index (χ1n) is 3.58. The molecule has 0 aliphatic heterocycles. The zero-order valence-corrected chi connectivity index (χ0v) is 9.72. The van der Waals surface area contributed by atoms with Crippen LogP contribution in [0, 0.1) is 3.57 Å². The summed E-state index contributed by atoms with van der Waals surface area (Å²) in [4.78, 5) is 14.3. The topological polar surface area (TPSA) is 30.0 Å². The maximum absolute atomic E-state index is 12.4. The average Bonchev–Trinajstić information content (AvgIpc) is 2.16. The number of hydrogen-bond donors (Lipinski definition) is 0. The summed E-state index contributed by atoms with van der Waals surface area (Å²) in [6.07, 6.45) is -1.08. The lowest BCUT2D eigenvalue weighted by molar-refractivity contribution is 0.112. The van der Waals surface area contributed by atoms with Crippen LogP contribution in [-0.2, 0) is 5.88 Å². The Hall–Kier alpha value is -0.300. The third-order valence-corrected chi connectivity index (χ3v) is 3.10. The number of aromatic nitrogens is 1. The van der Waals surface area contributed by atoms with Crippen LogP contribution in [0.25, 0.3) is 0 Å². The fourth-order valence-corrected chi connectivity index (χ4v) is 1.96. The van der Waals surface area contributed by atoms with Gasteiger partial charge in [0.05, 0.1) is 22.7 Å². The van der Waals surface area contributed by atoms with Gasteiger partial charge in [-0.25, -0.2) is 8.78 Å². The Morgan fingerprint density at radius 3 is 2.71 bits per heavy atom. The minimum absolute atomic E-state index is 0.0353. The molecule has 0 atom stereocenters. The summed E-state index contributed by atoms with van der Waals surface area (Å²) in [5.74, 6) is 0.0353. The van der Waals surface area contributed by atoms with Crippen molar-refractivity contribution >= 4 is 40.5 Å². The maximum Gasteiger partial charge on any atom is 0.266 e. The number of carbonyl (C=O) groups is 1. The Morgan fingerprint density at radius 2 is 2.29 bits per heavy atom. The molecule has 0 spiro atoms. The van der Waals surface area contributed by atoms with E-state index in [1.807, 2.05) is 0 Å². The molecule has 0 amide bonds. The molecule has 1 rings (SSSR count). The predicted octanol–water partition coefficient (Wildman–Crippen LogP) is 3.18. The average molecular weight is 331 g/mol. The summed E-state index contributed by atoms with van der Waals surface area (Å²) in [7, 11) is 0. The molecule has 0 aliphatic rings. The Bertz CT molecular complexity index is 359. The number of carbonyl (C=O) groups excluding carboxylic acids is 1. The van der Waals surface area contributed by atoms with E-state index in [0.29, 0.717) is 12.0 Å². The first-order valence-corrected chi connectivity index (χ1v) is 5.19. The van der Waals surface area contributed by atoms with Crippen molar-refractivity contribution in [1.82, 2.24) is 4.98 Å². The van der Waals surface area contributed by atoms with Gasteiger partial charge in [-0.15, -0.1) is 11.6 Å². The Labute approximate surface area is 97.8 Å². The second kappa shape index (κ2) is 4.97. The van der Waals surface area contributed by atoms with Crippen molar-refractivity contribution in [2.45, 2.75) is 12.3 Å². The molecule has 0 radical (unpaired) electrons.